The third-order valence-electron chi connectivity index (χ3n) is 2.79. The van der Waals surface area contributed by atoms with Crippen molar-refractivity contribution in [1.82, 2.24) is 9.97 Å². The van der Waals surface area contributed by atoms with Crippen molar-refractivity contribution in [2.75, 3.05) is 11.1 Å². The summed E-state index contributed by atoms with van der Waals surface area (Å²) in [6.07, 6.45) is 3.38. The van der Waals surface area contributed by atoms with Crippen LogP contribution in [-0.2, 0) is 6.42 Å². The molecule has 94 valence electrons. The predicted molar refractivity (Wildman–Crippen MR) is 74.9 cm³/mol. The average molecular weight is 242 g/mol. The van der Waals surface area contributed by atoms with E-state index in [9.17, 15) is 0 Å². The number of nitrogen functional groups attached to an aromatic ring is 1. The van der Waals surface area contributed by atoms with Crippen molar-refractivity contribution in [1.29, 1.82) is 0 Å². The minimum Gasteiger partial charge on any atom is -0.383 e. The summed E-state index contributed by atoms with van der Waals surface area (Å²) in [5.41, 5.74) is 9.12. The number of aromatic nitrogens is 2. The van der Waals surface area contributed by atoms with E-state index in [2.05, 4.69) is 41.3 Å². The number of hydrogen-bond acceptors (Lipinski definition) is 4. The van der Waals surface area contributed by atoms with Crippen molar-refractivity contribution < 1.29 is 0 Å². The van der Waals surface area contributed by atoms with Crippen LogP contribution in [0.1, 0.15) is 24.5 Å². The van der Waals surface area contributed by atoms with Crippen molar-refractivity contribution in [2.45, 2.75) is 26.7 Å². The number of nitrogens with two attached hydrogens (primary N) is 1. The third-order valence-corrected chi connectivity index (χ3v) is 2.79. The molecule has 0 amide bonds. The lowest BCUT2D eigenvalue weighted by molar-refractivity contribution is 0.908. The van der Waals surface area contributed by atoms with Gasteiger partial charge in [0.1, 0.15) is 18.0 Å². The minimum atomic E-state index is 0.557. The monoisotopic (exact) mass is 242 g/mol. The molecule has 4 heteroatoms. The summed E-state index contributed by atoms with van der Waals surface area (Å²) in [5, 5.41) is 3.29. The summed E-state index contributed by atoms with van der Waals surface area (Å²) < 4.78 is 0. The Morgan fingerprint density at radius 3 is 2.56 bits per heavy atom. The second kappa shape index (κ2) is 5.49. The van der Waals surface area contributed by atoms with Gasteiger partial charge in [0.05, 0.1) is 0 Å². The van der Waals surface area contributed by atoms with Gasteiger partial charge in [0.15, 0.2) is 0 Å². The Hall–Kier alpha value is -2.10. The topological polar surface area (TPSA) is 63.8 Å². The number of nitrogens with zero attached hydrogens (tertiary/aromatic N) is 2. The molecule has 0 unspecified atom stereocenters. The summed E-state index contributed by atoms with van der Waals surface area (Å²) in [5.74, 6) is 1.36. The number of aryl methyl sites for hydroxylation is 1. The zero-order chi connectivity index (χ0) is 13.0. The number of anilines is 3. The molecular weight excluding hydrogens is 224 g/mol. The van der Waals surface area contributed by atoms with Crippen LogP contribution in [0.5, 0.6) is 0 Å². The second-order valence-corrected chi connectivity index (χ2v) is 4.33. The first-order valence-corrected chi connectivity index (χ1v) is 6.13. The van der Waals surface area contributed by atoms with Gasteiger partial charge in [-0.1, -0.05) is 31.0 Å². The van der Waals surface area contributed by atoms with Gasteiger partial charge in [0, 0.05) is 11.3 Å². The molecule has 0 saturated carbocycles. The van der Waals surface area contributed by atoms with Crippen molar-refractivity contribution in [2.24, 2.45) is 0 Å². The van der Waals surface area contributed by atoms with Crippen LogP contribution >= 0.6 is 0 Å². The van der Waals surface area contributed by atoms with E-state index in [0.717, 1.165) is 29.9 Å². The standard InChI is InChI=1S/C14H18N4/c1-3-4-12-13(15)16-9-17-14(12)18-11-7-5-10(2)6-8-11/h5-9H,3-4H2,1-2H3,(H3,15,16,17,18). The molecule has 1 aromatic heterocycles. The Kier molecular flexibility index (Phi) is 3.77. The van der Waals surface area contributed by atoms with Crippen LogP contribution in [0.3, 0.4) is 0 Å². The summed E-state index contributed by atoms with van der Waals surface area (Å²) >= 11 is 0. The molecule has 0 aliphatic rings. The molecular formula is C14H18N4. The van der Waals surface area contributed by atoms with Crippen molar-refractivity contribution in [3.05, 3.63) is 41.7 Å². The maximum absolute atomic E-state index is 5.89. The van der Waals surface area contributed by atoms with E-state index < -0.39 is 0 Å². The van der Waals surface area contributed by atoms with Gasteiger partial charge in [-0.15, -0.1) is 0 Å². The van der Waals surface area contributed by atoms with Crippen LogP contribution < -0.4 is 11.1 Å². The second-order valence-electron chi connectivity index (χ2n) is 4.33. The van der Waals surface area contributed by atoms with Gasteiger partial charge in [-0.3, -0.25) is 0 Å². The molecule has 0 aliphatic carbocycles. The lowest BCUT2D eigenvalue weighted by Crippen LogP contribution is -2.05. The fourth-order valence-electron chi connectivity index (χ4n) is 1.80. The summed E-state index contributed by atoms with van der Waals surface area (Å²) in [7, 11) is 0. The highest BCUT2D eigenvalue weighted by molar-refractivity contribution is 5.63. The minimum absolute atomic E-state index is 0.557. The first-order valence-electron chi connectivity index (χ1n) is 6.13. The average Bonchev–Trinajstić information content (AvgIpc) is 2.36. The lowest BCUT2D eigenvalue weighted by Gasteiger charge is -2.11. The molecule has 2 rings (SSSR count). The van der Waals surface area contributed by atoms with Crippen LogP contribution in [0, 0.1) is 6.92 Å². The van der Waals surface area contributed by atoms with Gasteiger partial charge in [0.2, 0.25) is 0 Å². The SMILES string of the molecule is CCCc1c(N)ncnc1Nc1ccc(C)cc1. The van der Waals surface area contributed by atoms with Gasteiger partial charge >= 0.3 is 0 Å². The van der Waals surface area contributed by atoms with Crippen molar-refractivity contribution in [3.63, 3.8) is 0 Å². The molecule has 1 heterocycles. The van der Waals surface area contributed by atoms with Crippen LogP contribution in [0.15, 0.2) is 30.6 Å². The normalized spacial score (nSPS) is 10.3. The zero-order valence-corrected chi connectivity index (χ0v) is 10.8. The van der Waals surface area contributed by atoms with Gasteiger partial charge < -0.3 is 11.1 Å². The molecule has 4 nitrogen and oxygen atoms in total. The Labute approximate surface area is 107 Å². The maximum atomic E-state index is 5.89. The number of hydrogen-bond donors (Lipinski definition) is 2. The number of rotatable bonds is 4. The van der Waals surface area contributed by atoms with Crippen LogP contribution in [-0.4, -0.2) is 9.97 Å². The molecule has 3 N–H and O–H groups in total. The van der Waals surface area contributed by atoms with E-state index in [4.69, 9.17) is 5.73 Å². The summed E-state index contributed by atoms with van der Waals surface area (Å²) in [6.45, 7) is 4.18. The van der Waals surface area contributed by atoms with E-state index in [1.807, 2.05) is 12.1 Å². The first kappa shape index (κ1) is 12.4. The quantitative estimate of drug-likeness (QED) is 0.864. The highest BCUT2D eigenvalue weighted by Gasteiger charge is 2.08. The fourth-order valence-corrected chi connectivity index (χ4v) is 1.80. The first-order chi connectivity index (χ1) is 8.70. The molecule has 0 bridgehead atoms. The molecule has 18 heavy (non-hydrogen) atoms. The molecule has 1 aromatic carbocycles. The fraction of sp³-hybridized carbons (Fsp3) is 0.286. The van der Waals surface area contributed by atoms with E-state index in [0.29, 0.717) is 5.82 Å². The van der Waals surface area contributed by atoms with Crippen LogP contribution in [0.2, 0.25) is 0 Å². The van der Waals surface area contributed by atoms with Gasteiger partial charge in [-0.05, 0) is 25.5 Å². The van der Waals surface area contributed by atoms with Gasteiger partial charge in [-0.2, -0.15) is 0 Å². The molecule has 0 spiro atoms. The van der Waals surface area contributed by atoms with E-state index >= 15 is 0 Å². The zero-order valence-electron chi connectivity index (χ0n) is 10.8. The highest BCUT2D eigenvalue weighted by atomic mass is 15.0. The Bertz CT molecular complexity index is 520. The third kappa shape index (κ3) is 2.77. The lowest BCUT2D eigenvalue weighted by atomic mass is 10.1. The molecule has 0 radical (unpaired) electrons. The molecule has 0 fully saturated rings. The summed E-state index contributed by atoms with van der Waals surface area (Å²) in [4.78, 5) is 8.31. The van der Waals surface area contributed by atoms with E-state index in [1.54, 1.807) is 0 Å². The Morgan fingerprint density at radius 1 is 1.17 bits per heavy atom. The van der Waals surface area contributed by atoms with E-state index in [-0.39, 0.29) is 0 Å². The molecule has 0 saturated heterocycles. The summed E-state index contributed by atoms with van der Waals surface area (Å²) in [6, 6.07) is 8.19. The van der Waals surface area contributed by atoms with Crippen LogP contribution in [0.25, 0.3) is 0 Å². The van der Waals surface area contributed by atoms with Crippen molar-refractivity contribution >= 4 is 17.3 Å². The number of nitrogens with one attached hydrogen (secondary N) is 1. The largest absolute Gasteiger partial charge is 0.383 e. The Balaban J connectivity index is 2.28. The molecule has 0 atom stereocenters. The smallest absolute Gasteiger partial charge is 0.139 e. The van der Waals surface area contributed by atoms with Crippen molar-refractivity contribution in [3.8, 4) is 0 Å². The number of benzene rings is 1. The highest BCUT2D eigenvalue weighted by Crippen LogP contribution is 2.23. The van der Waals surface area contributed by atoms with Crippen LogP contribution in [0.4, 0.5) is 17.3 Å². The predicted octanol–water partition coefficient (Wildman–Crippen LogP) is 3.06. The molecule has 2 aromatic rings. The Morgan fingerprint density at radius 2 is 1.89 bits per heavy atom. The van der Waals surface area contributed by atoms with Gasteiger partial charge in [-0.25, -0.2) is 9.97 Å². The maximum Gasteiger partial charge on any atom is 0.139 e. The van der Waals surface area contributed by atoms with E-state index in [1.165, 1.54) is 11.9 Å². The van der Waals surface area contributed by atoms with Gasteiger partial charge in [0.25, 0.3) is 0 Å². The molecule has 0 aliphatic heterocycles.